The van der Waals surface area contributed by atoms with E-state index in [-0.39, 0.29) is 18.2 Å². The standard InChI is InChI=1S/C12H24N4O2/c17-11-10-12(18)16-9-3-7-14-5-1-4-13-6-2-8-15-11/h13-14H,1-10H2,(H,15,17)(H,16,18). The summed E-state index contributed by atoms with van der Waals surface area (Å²) < 4.78 is 0. The predicted octanol–water partition coefficient (Wildman–Crippen LogP) is -1.03. The summed E-state index contributed by atoms with van der Waals surface area (Å²) in [5, 5.41) is 12.1. The summed E-state index contributed by atoms with van der Waals surface area (Å²) in [7, 11) is 0. The Bertz CT molecular complexity index is 234. The van der Waals surface area contributed by atoms with Gasteiger partial charge in [-0.05, 0) is 45.4 Å². The summed E-state index contributed by atoms with van der Waals surface area (Å²) >= 11 is 0. The van der Waals surface area contributed by atoms with Crippen molar-refractivity contribution in [3.05, 3.63) is 0 Å². The van der Waals surface area contributed by atoms with Gasteiger partial charge in [-0.15, -0.1) is 0 Å². The Kier molecular flexibility index (Phi) is 8.16. The van der Waals surface area contributed by atoms with E-state index in [1.165, 1.54) is 0 Å². The second-order valence-electron chi connectivity index (χ2n) is 4.44. The summed E-state index contributed by atoms with van der Waals surface area (Å²) in [5.74, 6) is -0.393. The smallest absolute Gasteiger partial charge is 0.229 e. The monoisotopic (exact) mass is 256 g/mol. The van der Waals surface area contributed by atoms with Crippen LogP contribution in [0, 0.1) is 0 Å². The van der Waals surface area contributed by atoms with Gasteiger partial charge in [0.1, 0.15) is 6.42 Å². The molecule has 0 aromatic heterocycles. The molecule has 4 N–H and O–H groups in total. The molecule has 6 nitrogen and oxygen atoms in total. The minimum absolute atomic E-state index is 0.0686. The summed E-state index contributed by atoms with van der Waals surface area (Å²) in [6.07, 6.45) is 2.81. The molecule has 0 aromatic rings. The zero-order valence-corrected chi connectivity index (χ0v) is 10.9. The molecule has 1 rings (SSSR count). The SMILES string of the molecule is O=C1CC(=O)NCCCNCCCNCCCN1. The molecule has 1 heterocycles. The molecule has 18 heavy (non-hydrogen) atoms. The van der Waals surface area contributed by atoms with Crippen LogP contribution in [0.15, 0.2) is 0 Å². The van der Waals surface area contributed by atoms with Crippen molar-refractivity contribution in [2.24, 2.45) is 0 Å². The Morgan fingerprint density at radius 3 is 1.44 bits per heavy atom. The molecular formula is C12H24N4O2. The van der Waals surface area contributed by atoms with Crippen LogP contribution in [0.3, 0.4) is 0 Å². The molecule has 1 aliphatic heterocycles. The maximum absolute atomic E-state index is 11.4. The largest absolute Gasteiger partial charge is 0.356 e. The Labute approximate surface area is 108 Å². The number of nitrogens with one attached hydrogen (secondary N) is 4. The van der Waals surface area contributed by atoms with E-state index in [4.69, 9.17) is 0 Å². The lowest BCUT2D eigenvalue weighted by molar-refractivity contribution is -0.129. The molecule has 0 spiro atoms. The van der Waals surface area contributed by atoms with Crippen molar-refractivity contribution in [1.82, 2.24) is 21.3 Å². The maximum Gasteiger partial charge on any atom is 0.229 e. The average Bonchev–Trinajstić information content (AvgIpc) is 2.33. The Morgan fingerprint density at radius 1 is 0.611 bits per heavy atom. The average molecular weight is 256 g/mol. The van der Waals surface area contributed by atoms with E-state index in [1.807, 2.05) is 0 Å². The van der Waals surface area contributed by atoms with Gasteiger partial charge in [-0.25, -0.2) is 0 Å². The lowest BCUT2D eigenvalue weighted by Gasteiger charge is -2.10. The van der Waals surface area contributed by atoms with E-state index < -0.39 is 0 Å². The molecule has 1 aliphatic rings. The third-order valence-electron chi connectivity index (χ3n) is 2.73. The van der Waals surface area contributed by atoms with Gasteiger partial charge in [-0.1, -0.05) is 0 Å². The Balaban J connectivity index is 2.23. The zero-order chi connectivity index (χ0) is 13.1. The van der Waals surface area contributed by atoms with Crippen LogP contribution < -0.4 is 21.3 Å². The van der Waals surface area contributed by atoms with Gasteiger partial charge < -0.3 is 21.3 Å². The quantitative estimate of drug-likeness (QED) is 0.418. The van der Waals surface area contributed by atoms with Gasteiger partial charge in [0.25, 0.3) is 0 Å². The van der Waals surface area contributed by atoms with E-state index in [0.717, 1.165) is 45.4 Å². The number of carbonyl (C=O) groups is 2. The van der Waals surface area contributed by atoms with Crippen LogP contribution >= 0.6 is 0 Å². The molecule has 0 unspecified atom stereocenters. The summed E-state index contributed by atoms with van der Waals surface area (Å²) in [6, 6.07) is 0. The first-order valence-electron chi connectivity index (χ1n) is 6.74. The molecule has 1 saturated heterocycles. The van der Waals surface area contributed by atoms with Crippen molar-refractivity contribution in [3.8, 4) is 0 Å². The van der Waals surface area contributed by atoms with Crippen molar-refractivity contribution >= 4 is 11.8 Å². The highest BCUT2D eigenvalue weighted by Crippen LogP contribution is 1.84. The summed E-state index contributed by atoms with van der Waals surface area (Å²) in [5.41, 5.74) is 0. The molecule has 0 atom stereocenters. The summed E-state index contributed by atoms with van der Waals surface area (Å²) in [4.78, 5) is 22.8. The molecule has 1 fully saturated rings. The van der Waals surface area contributed by atoms with Gasteiger partial charge >= 0.3 is 0 Å². The second kappa shape index (κ2) is 9.85. The van der Waals surface area contributed by atoms with Gasteiger partial charge in [0.05, 0.1) is 0 Å². The number of carbonyl (C=O) groups excluding carboxylic acids is 2. The van der Waals surface area contributed by atoms with E-state index >= 15 is 0 Å². The first kappa shape index (κ1) is 14.9. The van der Waals surface area contributed by atoms with E-state index in [2.05, 4.69) is 21.3 Å². The van der Waals surface area contributed by atoms with Crippen LogP contribution in [-0.4, -0.2) is 51.1 Å². The van der Waals surface area contributed by atoms with Crippen molar-refractivity contribution in [1.29, 1.82) is 0 Å². The molecule has 0 aliphatic carbocycles. The first-order chi connectivity index (χ1) is 8.79. The molecule has 0 radical (unpaired) electrons. The molecule has 0 bridgehead atoms. The topological polar surface area (TPSA) is 82.3 Å². The molecule has 104 valence electrons. The molecular weight excluding hydrogens is 232 g/mol. The minimum Gasteiger partial charge on any atom is -0.356 e. The molecule has 0 aromatic carbocycles. The number of hydrogen-bond donors (Lipinski definition) is 4. The molecule has 0 saturated carbocycles. The number of amides is 2. The zero-order valence-electron chi connectivity index (χ0n) is 10.9. The van der Waals surface area contributed by atoms with Crippen molar-refractivity contribution in [2.75, 3.05) is 39.3 Å². The van der Waals surface area contributed by atoms with Gasteiger partial charge in [-0.2, -0.15) is 0 Å². The number of rotatable bonds is 0. The van der Waals surface area contributed by atoms with Crippen LogP contribution in [-0.2, 0) is 9.59 Å². The van der Waals surface area contributed by atoms with Gasteiger partial charge in [0.2, 0.25) is 11.8 Å². The highest BCUT2D eigenvalue weighted by atomic mass is 16.2. The van der Waals surface area contributed by atoms with Crippen LogP contribution in [0.2, 0.25) is 0 Å². The fourth-order valence-electron chi connectivity index (χ4n) is 1.74. The maximum atomic E-state index is 11.4. The lowest BCUT2D eigenvalue weighted by Crippen LogP contribution is -2.35. The number of hydrogen-bond acceptors (Lipinski definition) is 4. The fourth-order valence-corrected chi connectivity index (χ4v) is 1.74. The van der Waals surface area contributed by atoms with Crippen molar-refractivity contribution in [3.63, 3.8) is 0 Å². The van der Waals surface area contributed by atoms with Crippen LogP contribution in [0.4, 0.5) is 0 Å². The Morgan fingerprint density at radius 2 is 1.00 bits per heavy atom. The van der Waals surface area contributed by atoms with E-state index in [1.54, 1.807) is 0 Å². The molecule has 2 amide bonds. The molecule has 6 heteroatoms. The highest BCUT2D eigenvalue weighted by molar-refractivity contribution is 5.96. The third-order valence-corrected chi connectivity index (χ3v) is 2.73. The van der Waals surface area contributed by atoms with Gasteiger partial charge in [0, 0.05) is 13.1 Å². The highest BCUT2D eigenvalue weighted by Gasteiger charge is 2.07. The summed E-state index contributed by atoms with van der Waals surface area (Å²) in [6.45, 7) is 5.03. The minimum atomic E-state index is -0.197. The van der Waals surface area contributed by atoms with Crippen molar-refractivity contribution in [2.45, 2.75) is 25.7 Å². The third kappa shape index (κ3) is 8.03. The Hall–Kier alpha value is -1.14. The van der Waals surface area contributed by atoms with Gasteiger partial charge in [0.15, 0.2) is 0 Å². The van der Waals surface area contributed by atoms with Crippen LogP contribution in [0.1, 0.15) is 25.7 Å². The van der Waals surface area contributed by atoms with E-state index in [0.29, 0.717) is 13.1 Å². The normalized spacial score (nSPS) is 22.0. The fraction of sp³-hybridized carbons (Fsp3) is 0.833. The van der Waals surface area contributed by atoms with Crippen LogP contribution in [0.25, 0.3) is 0 Å². The van der Waals surface area contributed by atoms with E-state index in [9.17, 15) is 9.59 Å². The first-order valence-corrected chi connectivity index (χ1v) is 6.74. The second-order valence-corrected chi connectivity index (χ2v) is 4.44. The predicted molar refractivity (Wildman–Crippen MR) is 70.2 cm³/mol. The van der Waals surface area contributed by atoms with Crippen molar-refractivity contribution < 1.29 is 9.59 Å². The van der Waals surface area contributed by atoms with Crippen LogP contribution in [0.5, 0.6) is 0 Å². The lowest BCUT2D eigenvalue weighted by atomic mass is 10.3. The van der Waals surface area contributed by atoms with Gasteiger partial charge in [-0.3, -0.25) is 9.59 Å².